The Hall–Kier alpha value is -3.25. The molecule has 0 saturated carbocycles. The summed E-state index contributed by atoms with van der Waals surface area (Å²) in [5.41, 5.74) is 0.280. The lowest BCUT2D eigenvalue weighted by molar-refractivity contribution is -0.119. The minimum Gasteiger partial charge on any atom is -0.507 e. The van der Waals surface area contributed by atoms with Gasteiger partial charge in [-0.25, -0.2) is 4.79 Å². The summed E-state index contributed by atoms with van der Waals surface area (Å²) in [4.78, 5) is 24.0. The zero-order valence-electron chi connectivity index (χ0n) is 13.4. The number of phenols is 2. The second-order valence-corrected chi connectivity index (χ2v) is 5.91. The lowest BCUT2D eigenvalue weighted by Gasteiger charge is -2.10. The molecule has 26 heavy (non-hydrogen) atoms. The van der Waals surface area contributed by atoms with Crippen molar-refractivity contribution in [2.45, 2.75) is 0 Å². The third-order valence-electron chi connectivity index (χ3n) is 3.68. The third-order valence-corrected chi connectivity index (χ3v) is 3.93. The summed E-state index contributed by atoms with van der Waals surface area (Å²) in [6.07, 6.45) is 0. The number of carbonyl (C=O) groups excluding carboxylic acids is 2. The number of halogens is 1. The fourth-order valence-electron chi connectivity index (χ4n) is 2.44. The van der Waals surface area contributed by atoms with Gasteiger partial charge in [-0.15, -0.1) is 0 Å². The Labute approximate surface area is 153 Å². The van der Waals surface area contributed by atoms with E-state index in [-0.39, 0.29) is 17.1 Å². The van der Waals surface area contributed by atoms with Crippen molar-refractivity contribution in [2.75, 3.05) is 11.9 Å². The van der Waals surface area contributed by atoms with E-state index in [1.807, 2.05) is 0 Å². The molecule has 132 valence electrons. The third kappa shape index (κ3) is 3.70. The molecule has 0 aliphatic heterocycles. The number of amides is 1. The van der Waals surface area contributed by atoms with Crippen molar-refractivity contribution in [3.05, 3.63) is 65.2 Å². The highest BCUT2D eigenvalue weighted by Crippen LogP contribution is 2.35. The summed E-state index contributed by atoms with van der Waals surface area (Å²) in [6, 6.07) is 14.1. The Morgan fingerprint density at radius 2 is 1.65 bits per heavy atom. The van der Waals surface area contributed by atoms with Crippen molar-refractivity contribution in [3.8, 4) is 11.5 Å². The molecular weight excluding hydrogens is 358 g/mol. The number of nitrogens with one attached hydrogen (secondary N) is 1. The minimum atomic E-state index is -0.921. The molecule has 6 nitrogen and oxygen atoms in total. The van der Waals surface area contributed by atoms with Crippen LogP contribution in [0.2, 0.25) is 5.02 Å². The molecule has 0 saturated heterocycles. The number of fused-ring (bicyclic) bond motifs is 1. The largest absolute Gasteiger partial charge is 0.507 e. The molecule has 0 unspecified atom stereocenters. The normalized spacial score (nSPS) is 10.5. The van der Waals surface area contributed by atoms with E-state index in [4.69, 9.17) is 16.3 Å². The van der Waals surface area contributed by atoms with Crippen LogP contribution in [0.3, 0.4) is 0 Å². The van der Waals surface area contributed by atoms with Gasteiger partial charge in [0.1, 0.15) is 17.1 Å². The van der Waals surface area contributed by atoms with Gasteiger partial charge in [0.15, 0.2) is 6.61 Å². The molecule has 0 atom stereocenters. The van der Waals surface area contributed by atoms with Crippen LogP contribution in [0.4, 0.5) is 5.69 Å². The standard InChI is InChI=1S/C19H14ClNO5/c20-11-5-7-12(8-6-11)21-17(23)10-26-19(25)15-9-16(22)13-3-1-2-4-14(13)18(15)24/h1-9,22,24H,10H2,(H,21,23). The molecule has 3 N–H and O–H groups in total. The van der Waals surface area contributed by atoms with Gasteiger partial charge in [0.25, 0.3) is 5.91 Å². The molecule has 1 amide bonds. The highest BCUT2D eigenvalue weighted by Gasteiger charge is 2.19. The van der Waals surface area contributed by atoms with Crippen molar-refractivity contribution in [2.24, 2.45) is 0 Å². The first-order valence-corrected chi connectivity index (χ1v) is 7.99. The fourth-order valence-corrected chi connectivity index (χ4v) is 2.56. The molecule has 0 aliphatic rings. The first-order chi connectivity index (χ1) is 12.5. The van der Waals surface area contributed by atoms with Crippen LogP contribution in [0, 0.1) is 0 Å². The number of esters is 1. The number of phenolic OH excluding ortho intramolecular Hbond substituents is 2. The lowest BCUT2D eigenvalue weighted by atomic mass is 10.0. The molecular formula is C19H14ClNO5. The van der Waals surface area contributed by atoms with Gasteiger partial charge in [-0.2, -0.15) is 0 Å². The summed E-state index contributed by atoms with van der Waals surface area (Å²) in [5.74, 6) is -1.96. The van der Waals surface area contributed by atoms with E-state index < -0.39 is 18.5 Å². The van der Waals surface area contributed by atoms with Gasteiger partial charge in [-0.1, -0.05) is 35.9 Å². The smallest absolute Gasteiger partial charge is 0.342 e. The number of hydrogen-bond donors (Lipinski definition) is 3. The van der Waals surface area contributed by atoms with E-state index >= 15 is 0 Å². The number of ether oxygens (including phenoxy) is 1. The van der Waals surface area contributed by atoms with Crippen LogP contribution in [0.1, 0.15) is 10.4 Å². The average Bonchev–Trinajstić information content (AvgIpc) is 2.64. The highest BCUT2D eigenvalue weighted by atomic mass is 35.5. The van der Waals surface area contributed by atoms with Crippen LogP contribution in [0.25, 0.3) is 10.8 Å². The van der Waals surface area contributed by atoms with E-state index in [1.54, 1.807) is 48.5 Å². The van der Waals surface area contributed by atoms with Crippen LogP contribution in [0.5, 0.6) is 11.5 Å². The zero-order chi connectivity index (χ0) is 18.7. The molecule has 0 radical (unpaired) electrons. The summed E-state index contributed by atoms with van der Waals surface area (Å²) in [5, 5.41) is 24.0. The maximum atomic E-state index is 12.2. The monoisotopic (exact) mass is 371 g/mol. The Bertz CT molecular complexity index is 985. The van der Waals surface area contributed by atoms with Crippen molar-refractivity contribution >= 4 is 39.9 Å². The van der Waals surface area contributed by atoms with Gasteiger partial charge in [-0.3, -0.25) is 4.79 Å². The second-order valence-electron chi connectivity index (χ2n) is 5.47. The molecule has 3 aromatic carbocycles. The van der Waals surface area contributed by atoms with Gasteiger partial charge in [0.2, 0.25) is 0 Å². The molecule has 3 rings (SSSR count). The zero-order valence-corrected chi connectivity index (χ0v) is 14.2. The van der Waals surface area contributed by atoms with Crippen molar-refractivity contribution in [1.82, 2.24) is 0 Å². The highest BCUT2D eigenvalue weighted by molar-refractivity contribution is 6.30. The first-order valence-electron chi connectivity index (χ1n) is 7.62. The Balaban J connectivity index is 1.70. The van der Waals surface area contributed by atoms with Crippen LogP contribution >= 0.6 is 11.6 Å². The van der Waals surface area contributed by atoms with E-state index in [0.717, 1.165) is 6.07 Å². The van der Waals surface area contributed by atoms with Gasteiger partial charge in [0, 0.05) is 21.5 Å². The maximum Gasteiger partial charge on any atom is 0.342 e. The summed E-state index contributed by atoms with van der Waals surface area (Å²) in [7, 11) is 0. The molecule has 3 aromatic rings. The SMILES string of the molecule is O=C(COC(=O)c1cc(O)c2ccccc2c1O)Nc1ccc(Cl)cc1. The average molecular weight is 372 g/mol. The van der Waals surface area contributed by atoms with Crippen LogP contribution in [-0.2, 0) is 9.53 Å². The molecule has 0 fully saturated rings. The van der Waals surface area contributed by atoms with E-state index in [9.17, 15) is 19.8 Å². The van der Waals surface area contributed by atoms with E-state index in [0.29, 0.717) is 21.5 Å². The van der Waals surface area contributed by atoms with Gasteiger partial charge in [-0.05, 0) is 30.3 Å². The summed E-state index contributed by atoms with van der Waals surface area (Å²) >= 11 is 5.76. The van der Waals surface area contributed by atoms with E-state index in [1.165, 1.54) is 0 Å². The number of rotatable bonds is 4. The lowest BCUT2D eigenvalue weighted by Crippen LogP contribution is -2.21. The number of anilines is 1. The molecule has 0 spiro atoms. The predicted molar refractivity (Wildman–Crippen MR) is 97.6 cm³/mol. The van der Waals surface area contributed by atoms with Gasteiger partial charge >= 0.3 is 5.97 Å². The molecule has 0 aliphatic carbocycles. The molecule has 0 bridgehead atoms. The van der Waals surface area contributed by atoms with Gasteiger partial charge in [0.05, 0.1) is 0 Å². The Morgan fingerprint density at radius 3 is 2.35 bits per heavy atom. The number of aromatic hydroxyl groups is 2. The Morgan fingerprint density at radius 1 is 1.00 bits per heavy atom. The Kier molecular flexibility index (Phi) is 4.95. The first kappa shape index (κ1) is 17.6. The van der Waals surface area contributed by atoms with Gasteiger partial charge < -0.3 is 20.3 Å². The summed E-state index contributed by atoms with van der Waals surface area (Å²) in [6.45, 7) is -0.547. The van der Waals surface area contributed by atoms with Crippen LogP contribution in [-0.4, -0.2) is 28.7 Å². The molecule has 0 aromatic heterocycles. The number of benzene rings is 3. The summed E-state index contributed by atoms with van der Waals surface area (Å²) < 4.78 is 4.92. The van der Waals surface area contributed by atoms with Crippen molar-refractivity contribution in [3.63, 3.8) is 0 Å². The van der Waals surface area contributed by atoms with Crippen molar-refractivity contribution in [1.29, 1.82) is 0 Å². The van der Waals surface area contributed by atoms with Crippen molar-refractivity contribution < 1.29 is 24.5 Å². The second kappa shape index (κ2) is 7.33. The maximum absolute atomic E-state index is 12.2. The fraction of sp³-hybridized carbons (Fsp3) is 0.0526. The molecule has 7 heteroatoms. The van der Waals surface area contributed by atoms with Crippen LogP contribution in [0.15, 0.2) is 54.6 Å². The number of carbonyl (C=O) groups is 2. The quantitative estimate of drug-likeness (QED) is 0.480. The number of hydrogen-bond acceptors (Lipinski definition) is 5. The van der Waals surface area contributed by atoms with Crippen LogP contribution < -0.4 is 5.32 Å². The minimum absolute atomic E-state index is 0.170. The predicted octanol–water partition coefficient (Wildman–Crippen LogP) is 3.70. The van der Waals surface area contributed by atoms with E-state index in [2.05, 4.69) is 5.32 Å². The molecule has 0 heterocycles. The topological polar surface area (TPSA) is 95.9 Å².